The molecule has 1 saturated heterocycles. The van der Waals surface area contributed by atoms with Crippen LogP contribution in [0.25, 0.3) is 17.0 Å². The van der Waals surface area contributed by atoms with Gasteiger partial charge in [0.2, 0.25) is 0 Å². The van der Waals surface area contributed by atoms with E-state index < -0.39 is 11.7 Å². The molecule has 1 aliphatic heterocycles. The summed E-state index contributed by atoms with van der Waals surface area (Å²) in [6.07, 6.45) is -0.634. The Kier molecular flexibility index (Phi) is 6.39. The maximum Gasteiger partial charge on any atom is 0.416 e. The highest BCUT2D eigenvalue weighted by Crippen LogP contribution is 2.36. The molecule has 1 atom stereocenters. The predicted octanol–water partition coefficient (Wildman–Crippen LogP) is 6.47. The SMILES string of the molecule is CCSC1NCC(=Cc2ccc3c(cnn3Cc3ccc(Cl)cc3C(F)(F)F)c2)S1. The van der Waals surface area contributed by atoms with Gasteiger partial charge in [-0.2, -0.15) is 18.3 Å². The van der Waals surface area contributed by atoms with Crippen LogP contribution >= 0.6 is 35.1 Å². The summed E-state index contributed by atoms with van der Waals surface area (Å²) in [5.74, 6) is 1.06. The second-order valence-electron chi connectivity index (χ2n) is 6.82. The van der Waals surface area contributed by atoms with E-state index in [2.05, 4.69) is 23.4 Å². The average molecular weight is 470 g/mol. The van der Waals surface area contributed by atoms with Gasteiger partial charge >= 0.3 is 6.18 Å². The first-order valence-electron chi connectivity index (χ1n) is 9.37. The number of hydrogen-bond acceptors (Lipinski definition) is 4. The lowest BCUT2D eigenvalue weighted by molar-refractivity contribution is -0.138. The smallest absolute Gasteiger partial charge is 0.292 e. The summed E-state index contributed by atoms with van der Waals surface area (Å²) in [4.78, 5) is 1.27. The van der Waals surface area contributed by atoms with Crippen LogP contribution in [0, 0.1) is 0 Å². The molecule has 158 valence electrons. The van der Waals surface area contributed by atoms with E-state index in [1.165, 1.54) is 17.0 Å². The Morgan fingerprint density at radius 2 is 2.13 bits per heavy atom. The van der Waals surface area contributed by atoms with E-state index in [0.717, 1.165) is 34.8 Å². The molecule has 30 heavy (non-hydrogen) atoms. The molecule has 0 radical (unpaired) electrons. The van der Waals surface area contributed by atoms with Crippen LogP contribution in [-0.4, -0.2) is 26.8 Å². The molecular formula is C21H19ClF3N3S2. The number of benzene rings is 2. The fraction of sp³-hybridized carbons (Fsp3) is 0.286. The molecule has 9 heteroatoms. The largest absolute Gasteiger partial charge is 0.416 e. The summed E-state index contributed by atoms with van der Waals surface area (Å²) in [6, 6.07) is 9.74. The van der Waals surface area contributed by atoms with Crippen molar-refractivity contribution in [3.63, 3.8) is 0 Å². The molecule has 0 amide bonds. The van der Waals surface area contributed by atoms with Crippen molar-refractivity contribution in [2.24, 2.45) is 0 Å². The number of rotatable bonds is 5. The molecule has 4 rings (SSSR count). The van der Waals surface area contributed by atoms with Crippen molar-refractivity contribution < 1.29 is 13.2 Å². The van der Waals surface area contributed by atoms with Crippen molar-refractivity contribution in [1.29, 1.82) is 0 Å². The van der Waals surface area contributed by atoms with E-state index in [9.17, 15) is 13.2 Å². The maximum absolute atomic E-state index is 13.4. The Balaban J connectivity index is 1.58. The van der Waals surface area contributed by atoms with Gasteiger partial charge in [0.15, 0.2) is 0 Å². The van der Waals surface area contributed by atoms with Crippen molar-refractivity contribution in [3.05, 3.63) is 69.2 Å². The molecular weight excluding hydrogens is 451 g/mol. The molecule has 0 bridgehead atoms. The summed E-state index contributed by atoms with van der Waals surface area (Å²) in [6.45, 7) is 3.00. The lowest BCUT2D eigenvalue weighted by Gasteiger charge is -2.14. The fourth-order valence-corrected chi connectivity index (χ4v) is 5.89. The normalized spacial score (nSPS) is 18.6. The zero-order valence-corrected chi connectivity index (χ0v) is 18.4. The Labute approximate surface area is 186 Å². The number of nitrogens with zero attached hydrogens (tertiary/aromatic N) is 2. The van der Waals surface area contributed by atoms with Crippen molar-refractivity contribution in [2.75, 3.05) is 12.3 Å². The van der Waals surface area contributed by atoms with Crippen LogP contribution in [0.3, 0.4) is 0 Å². The van der Waals surface area contributed by atoms with Gasteiger partial charge < -0.3 is 0 Å². The molecule has 2 heterocycles. The summed E-state index contributed by atoms with van der Waals surface area (Å²) in [5.41, 5.74) is 1.24. The van der Waals surface area contributed by atoms with Crippen LogP contribution < -0.4 is 5.32 Å². The molecule has 0 saturated carbocycles. The minimum atomic E-state index is -4.47. The van der Waals surface area contributed by atoms with E-state index in [0.29, 0.717) is 4.71 Å². The van der Waals surface area contributed by atoms with Crippen molar-refractivity contribution in [3.8, 4) is 0 Å². The molecule has 1 aliphatic rings. The first-order chi connectivity index (χ1) is 14.3. The van der Waals surface area contributed by atoms with Gasteiger partial charge in [-0.1, -0.05) is 42.4 Å². The van der Waals surface area contributed by atoms with Crippen molar-refractivity contribution >= 4 is 52.1 Å². The highest BCUT2D eigenvalue weighted by molar-refractivity contribution is 8.19. The van der Waals surface area contributed by atoms with E-state index in [4.69, 9.17) is 11.6 Å². The van der Waals surface area contributed by atoms with E-state index in [1.54, 1.807) is 10.9 Å². The van der Waals surface area contributed by atoms with Gasteiger partial charge in [0, 0.05) is 21.9 Å². The van der Waals surface area contributed by atoms with Crippen molar-refractivity contribution in [2.45, 2.75) is 24.4 Å². The highest BCUT2D eigenvalue weighted by Gasteiger charge is 2.33. The quantitative estimate of drug-likeness (QED) is 0.463. The Hall–Kier alpha value is -1.61. The van der Waals surface area contributed by atoms with Gasteiger partial charge in [-0.15, -0.1) is 11.8 Å². The maximum atomic E-state index is 13.4. The summed E-state index contributed by atoms with van der Waals surface area (Å²) < 4.78 is 42.1. The van der Waals surface area contributed by atoms with E-state index in [1.807, 2.05) is 41.7 Å². The lowest BCUT2D eigenvalue weighted by atomic mass is 10.1. The molecule has 0 aliphatic carbocycles. The second kappa shape index (κ2) is 8.86. The third-order valence-corrected chi connectivity index (χ3v) is 7.39. The molecule has 1 fully saturated rings. The molecule has 3 nitrogen and oxygen atoms in total. The molecule has 1 aromatic heterocycles. The summed E-state index contributed by atoms with van der Waals surface area (Å²) in [7, 11) is 0. The van der Waals surface area contributed by atoms with Gasteiger partial charge in [0.05, 0.1) is 23.8 Å². The Bertz CT molecular complexity index is 1090. The van der Waals surface area contributed by atoms with Crippen LogP contribution in [0.5, 0.6) is 0 Å². The van der Waals surface area contributed by atoms with Gasteiger partial charge in [-0.05, 0) is 47.2 Å². The molecule has 0 spiro atoms. The monoisotopic (exact) mass is 469 g/mol. The number of aromatic nitrogens is 2. The molecule has 1 N–H and O–H groups in total. The predicted molar refractivity (Wildman–Crippen MR) is 121 cm³/mol. The van der Waals surface area contributed by atoms with E-state index in [-0.39, 0.29) is 17.1 Å². The first-order valence-corrected chi connectivity index (χ1v) is 11.7. The first kappa shape index (κ1) is 21.6. The second-order valence-corrected chi connectivity index (χ2v) is 10.2. The summed E-state index contributed by atoms with van der Waals surface area (Å²) in [5, 5.41) is 8.73. The zero-order valence-electron chi connectivity index (χ0n) is 16.0. The molecule has 1 unspecified atom stereocenters. The molecule has 2 aromatic carbocycles. The number of halogens is 4. The zero-order chi connectivity index (χ0) is 21.3. The van der Waals surface area contributed by atoms with Gasteiger partial charge in [0.25, 0.3) is 0 Å². The minimum Gasteiger partial charge on any atom is -0.292 e. The lowest BCUT2D eigenvalue weighted by Crippen LogP contribution is -2.15. The molecule has 3 aromatic rings. The number of thioether (sulfide) groups is 2. The third kappa shape index (κ3) is 4.82. The van der Waals surface area contributed by atoms with E-state index >= 15 is 0 Å². The number of hydrogen-bond donors (Lipinski definition) is 1. The number of alkyl halides is 3. The van der Waals surface area contributed by atoms with Crippen LogP contribution in [0.2, 0.25) is 5.02 Å². The summed E-state index contributed by atoms with van der Waals surface area (Å²) >= 11 is 9.47. The van der Waals surface area contributed by atoms with Crippen LogP contribution in [-0.2, 0) is 12.7 Å². The highest BCUT2D eigenvalue weighted by atomic mass is 35.5. The fourth-order valence-electron chi connectivity index (χ4n) is 3.35. The minimum absolute atomic E-state index is 0.0195. The topological polar surface area (TPSA) is 29.9 Å². The average Bonchev–Trinajstić information content (AvgIpc) is 3.29. The van der Waals surface area contributed by atoms with Crippen molar-refractivity contribution in [1.82, 2.24) is 15.1 Å². The number of nitrogens with one attached hydrogen (secondary N) is 1. The van der Waals surface area contributed by atoms with Gasteiger partial charge in [-0.25, -0.2) is 0 Å². The standard InChI is InChI=1S/C21H19ClF3N3S2/c1-2-29-20-26-11-17(30-20)8-13-3-6-19-15(7-13)10-27-28(19)12-14-4-5-16(22)9-18(14)21(23,24)25/h3-10,20,26H,2,11-12H2,1H3. The third-order valence-electron chi connectivity index (χ3n) is 4.71. The van der Waals surface area contributed by atoms with Gasteiger partial charge in [-0.3, -0.25) is 10.00 Å². The number of fused-ring (bicyclic) bond motifs is 1. The van der Waals surface area contributed by atoms with Gasteiger partial charge in [0.1, 0.15) is 4.71 Å². The van der Waals surface area contributed by atoms with Crippen LogP contribution in [0.4, 0.5) is 13.2 Å². The Morgan fingerprint density at radius 3 is 2.90 bits per heavy atom. The Morgan fingerprint density at radius 1 is 1.30 bits per heavy atom. The van der Waals surface area contributed by atoms with Crippen LogP contribution in [0.15, 0.2) is 47.5 Å². The van der Waals surface area contributed by atoms with Crippen LogP contribution in [0.1, 0.15) is 23.6 Å².